The Morgan fingerprint density at radius 1 is 1.11 bits per heavy atom. The molecule has 4 atom stereocenters. The van der Waals surface area contributed by atoms with Gasteiger partial charge in [0.2, 0.25) is 0 Å². The minimum Gasteiger partial charge on any atom is -0.414 e. The standard InChI is InChI=1S/C23H40BrN3O8SSi2/c1-21(2,3)37(7,8)32-12-16-23(15(25)13-36(30,31)35-23)17(34-38(9,10)22(4,5)6)19(33-16)27-11-14(24)18(28)26-20(27)29/h11,13,16-17,19H,12,25H2,1-10H3,(H,26,28,29)/t16-,17+,19-,23-/m1/s1. The number of H-pyrrole nitrogens is 1. The van der Waals surface area contributed by atoms with E-state index in [-0.39, 0.29) is 26.9 Å². The zero-order valence-corrected chi connectivity index (χ0v) is 28.1. The summed E-state index contributed by atoms with van der Waals surface area (Å²) in [6.07, 6.45) is -2.08. The molecule has 1 aromatic heterocycles. The summed E-state index contributed by atoms with van der Waals surface area (Å²) in [5.41, 5.74) is 3.18. The van der Waals surface area contributed by atoms with Crippen molar-refractivity contribution in [1.29, 1.82) is 0 Å². The summed E-state index contributed by atoms with van der Waals surface area (Å²) in [6.45, 7) is 20.4. The molecule has 1 saturated heterocycles. The first-order chi connectivity index (χ1) is 17.0. The molecule has 0 saturated carbocycles. The highest BCUT2D eigenvalue weighted by atomic mass is 79.9. The number of nitrogens with zero attached hydrogens (tertiary/aromatic N) is 1. The summed E-state index contributed by atoms with van der Waals surface area (Å²) < 4.78 is 52.2. The number of ether oxygens (including phenoxy) is 1. The van der Waals surface area contributed by atoms with E-state index < -0.39 is 62.0 Å². The van der Waals surface area contributed by atoms with Crippen molar-refractivity contribution in [2.75, 3.05) is 6.61 Å². The first-order valence-corrected chi connectivity index (χ1v) is 20.4. The van der Waals surface area contributed by atoms with Gasteiger partial charge in [0.05, 0.1) is 22.2 Å². The zero-order chi connectivity index (χ0) is 29.3. The van der Waals surface area contributed by atoms with Crippen LogP contribution in [0.25, 0.3) is 0 Å². The van der Waals surface area contributed by atoms with Crippen molar-refractivity contribution in [2.45, 2.75) is 102 Å². The number of aromatic nitrogens is 2. The second-order valence-corrected chi connectivity index (χ2v) is 24.8. The van der Waals surface area contributed by atoms with E-state index in [1.165, 1.54) is 10.8 Å². The van der Waals surface area contributed by atoms with Gasteiger partial charge in [0.15, 0.2) is 28.5 Å². The molecule has 3 heterocycles. The molecule has 1 spiro atoms. The number of hydrogen-bond acceptors (Lipinski definition) is 9. The van der Waals surface area contributed by atoms with E-state index >= 15 is 0 Å². The largest absolute Gasteiger partial charge is 0.414 e. The average molecular weight is 655 g/mol. The van der Waals surface area contributed by atoms with Crippen molar-refractivity contribution >= 4 is 42.7 Å². The Morgan fingerprint density at radius 2 is 1.66 bits per heavy atom. The van der Waals surface area contributed by atoms with Crippen LogP contribution in [0.5, 0.6) is 0 Å². The molecule has 0 aromatic carbocycles. The van der Waals surface area contributed by atoms with Gasteiger partial charge in [-0.3, -0.25) is 14.3 Å². The first kappa shape index (κ1) is 31.5. The van der Waals surface area contributed by atoms with Crippen LogP contribution in [0.1, 0.15) is 47.8 Å². The van der Waals surface area contributed by atoms with Gasteiger partial charge in [-0.05, 0) is 52.2 Å². The molecule has 3 N–H and O–H groups in total. The SMILES string of the molecule is CC(C)(C)[Si](C)(C)OC[C@H]1O[C@@H](n2cc(Br)c(=O)[nH]c2=O)[C@H](O[Si](C)(C)C(C)(C)C)[C@]12OS(=O)(=O)C=C2N. The highest BCUT2D eigenvalue weighted by Gasteiger charge is 2.67. The van der Waals surface area contributed by atoms with Gasteiger partial charge in [0.25, 0.3) is 15.7 Å². The fourth-order valence-electron chi connectivity index (χ4n) is 3.86. The van der Waals surface area contributed by atoms with Gasteiger partial charge in [0.1, 0.15) is 12.2 Å². The Hall–Kier alpha value is -1.08. The number of hydrogen-bond donors (Lipinski definition) is 2. The molecule has 0 bridgehead atoms. The van der Waals surface area contributed by atoms with E-state index in [9.17, 15) is 18.0 Å². The van der Waals surface area contributed by atoms with Crippen LogP contribution in [-0.4, -0.2) is 59.0 Å². The zero-order valence-electron chi connectivity index (χ0n) is 23.7. The predicted molar refractivity (Wildman–Crippen MR) is 153 cm³/mol. The number of nitrogens with one attached hydrogen (secondary N) is 1. The first-order valence-electron chi connectivity index (χ1n) is 12.4. The second kappa shape index (κ2) is 9.78. The third-order valence-electron chi connectivity index (χ3n) is 8.27. The summed E-state index contributed by atoms with van der Waals surface area (Å²) in [5, 5.41) is 0.437. The molecular formula is C23H40BrN3O8SSi2. The van der Waals surface area contributed by atoms with Crippen molar-refractivity contribution in [3.63, 3.8) is 0 Å². The van der Waals surface area contributed by atoms with Crippen LogP contribution in [0.4, 0.5) is 0 Å². The molecule has 38 heavy (non-hydrogen) atoms. The van der Waals surface area contributed by atoms with Crippen LogP contribution < -0.4 is 17.0 Å². The third-order valence-corrected chi connectivity index (χ3v) is 18.8. The molecular weight excluding hydrogens is 614 g/mol. The van der Waals surface area contributed by atoms with Gasteiger partial charge < -0.3 is 19.3 Å². The molecule has 0 amide bonds. The topological polar surface area (TPSA) is 152 Å². The van der Waals surface area contributed by atoms with E-state index in [2.05, 4.69) is 54.8 Å². The number of aromatic amines is 1. The number of halogens is 1. The fraction of sp³-hybridized carbons (Fsp3) is 0.739. The van der Waals surface area contributed by atoms with Crippen molar-refractivity contribution in [3.8, 4) is 0 Å². The molecule has 1 aromatic rings. The molecule has 1 fully saturated rings. The Labute approximate surface area is 234 Å². The average Bonchev–Trinajstić information content (AvgIpc) is 3.14. The highest BCUT2D eigenvalue weighted by molar-refractivity contribution is 9.10. The summed E-state index contributed by atoms with van der Waals surface area (Å²) in [6, 6.07) is 0. The molecule has 0 radical (unpaired) electrons. The number of rotatable bonds is 6. The van der Waals surface area contributed by atoms with Gasteiger partial charge >= 0.3 is 5.69 Å². The van der Waals surface area contributed by atoms with Crippen LogP contribution in [0.2, 0.25) is 36.3 Å². The monoisotopic (exact) mass is 653 g/mol. The van der Waals surface area contributed by atoms with Crippen LogP contribution in [-0.2, 0) is 27.9 Å². The Morgan fingerprint density at radius 3 is 2.13 bits per heavy atom. The summed E-state index contributed by atoms with van der Waals surface area (Å²) in [7, 11) is -9.16. The molecule has 0 unspecified atom stereocenters. The molecule has 216 valence electrons. The van der Waals surface area contributed by atoms with Crippen LogP contribution in [0.3, 0.4) is 0 Å². The predicted octanol–water partition coefficient (Wildman–Crippen LogP) is 3.51. The van der Waals surface area contributed by atoms with Crippen LogP contribution in [0.15, 0.2) is 31.4 Å². The summed E-state index contributed by atoms with van der Waals surface area (Å²) in [5.74, 6) is 0. The van der Waals surface area contributed by atoms with Gasteiger partial charge in [-0.15, -0.1) is 0 Å². The molecule has 3 rings (SSSR count). The lowest BCUT2D eigenvalue weighted by Crippen LogP contribution is -2.59. The maximum Gasteiger partial charge on any atom is 0.330 e. The fourth-order valence-corrected chi connectivity index (χ4v) is 7.69. The van der Waals surface area contributed by atoms with Crippen LogP contribution in [0, 0.1) is 0 Å². The Kier molecular flexibility index (Phi) is 8.10. The van der Waals surface area contributed by atoms with E-state index in [0.717, 1.165) is 5.41 Å². The van der Waals surface area contributed by atoms with Crippen molar-refractivity contribution in [1.82, 2.24) is 9.55 Å². The van der Waals surface area contributed by atoms with Gasteiger partial charge in [0, 0.05) is 6.20 Å². The van der Waals surface area contributed by atoms with E-state index in [4.69, 9.17) is 23.5 Å². The number of nitrogens with two attached hydrogens (primary N) is 1. The molecule has 2 aliphatic heterocycles. The summed E-state index contributed by atoms with van der Waals surface area (Å²) >= 11 is 3.17. The minimum atomic E-state index is -4.19. The van der Waals surface area contributed by atoms with E-state index in [1.54, 1.807) is 0 Å². The third kappa shape index (κ3) is 5.57. The van der Waals surface area contributed by atoms with Gasteiger partial charge in [-0.1, -0.05) is 41.5 Å². The van der Waals surface area contributed by atoms with Crippen molar-refractivity contribution in [2.24, 2.45) is 5.73 Å². The molecule has 0 aliphatic carbocycles. The lowest BCUT2D eigenvalue weighted by atomic mass is 9.89. The second-order valence-electron chi connectivity index (χ2n) is 13.0. The quantitative estimate of drug-likeness (QED) is 0.347. The Bertz CT molecular complexity index is 1340. The van der Waals surface area contributed by atoms with Crippen molar-refractivity contribution < 1.29 is 26.2 Å². The lowest BCUT2D eigenvalue weighted by molar-refractivity contribution is -0.0563. The molecule has 11 nitrogen and oxygen atoms in total. The lowest BCUT2D eigenvalue weighted by Gasteiger charge is -2.43. The maximum absolute atomic E-state index is 13.0. The van der Waals surface area contributed by atoms with E-state index in [1.807, 2.05) is 33.9 Å². The van der Waals surface area contributed by atoms with Gasteiger partial charge in [-0.25, -0.2) is 8.98 Å². The smallest absolute Gasteiger partial charge is 0.330 e. The maximum atomic E-state index is 13.0. The van der Waals surface area contributed by atoms with Crippen LogP contribution >= 0.6 is 15.9 Å². The van der Waals surface area contributed by atoms with Gasteiger partial charge in [-0.2, -0.15) is 8.42 Å². The highest BCUT2D eigenvalue weighted by Crippen LogP contribution is 2.52. The summed E-state index contributed by atoms with van der Waals surface area (Å²) in [4.78, 5) is 27.3. The normalized spacial score (nSPS) is 28.2. The Balaban J connectivity index is 2.24. The molecule has 15 heteroatoms. The van der Waals surface area contributed by atoms with Crippen molar-refractivity contribution in [3.05, 3.63) is 42.6 Å². The van der Waals surface area contributed by atoms with E-state index in [0.29, 0.717) is 0 Å². The molecule has 2 aliphatic rings. The minimum absolute atomic E-state index is 0.0479.